The second-order valence-electron chi connectivity index (χ2n) is 6.86. The van der Waals surface area contributed by atoms with Crippen LogP contribution in [0, 0.1) is 17.2 Å². The van der Waals surface area contributed by atoms with E-state index in [2.05, 4.69) is 23.4 Å². The largest absolute Gasteiger partial charge is 0.467 e. The second-order valence-corrected chi connectivity index (χ2v) is 6.86. The van der Waals surface area contributed by atoms with Gasteiger partial charge in [0.05, 0.1) is 12.3 Å². The van der Waals surface area contributed by atoms with Gasteiger partial charge in [-0.2, -0.15) is 10.4 Å². The van der Waals surface area contributed by atoms with Crippen molar-refractivity contribution < 1.29 is 9.21 Å². The van der Waals surface area contributed by atoms with E-state index in [1.54, 1.807) is 22.0 Å². The molecule has 7 nitrogen and oxygen atoms in total. The van der Waals surface area contributed by atoms with Gasteiger partial charge < -0.3 is 9.32 Å². The number of nitriles is 1. The number of carbonyl (C=O) groups excluding carboxylic acids is 1. The van der Waals surface area contributed by atoms with Gasteiger partial charge >= 0.3 is 6.03 Å². The Balaban J connectivity index is 1.81. The van der Waals surface area contributed by atoms with E-state index in [4.69, 9.17) is 4.42 Å². The van der Waals surface area contributed by atoms with E-state index in [9.17, 15) is 10.1 Å². The van der Waals surface area contributed by atoms with Crippen molar-refractivity contribution in [2.45, 2.75) is 45.7 Å². The van der Waals surface area contributed by atoms with Gasteiger partial charge in [-0.25, -0.2) is 4.79 Å². The number of carbonyl (C=O) groups is 1. The van der Waals surface area contributed by atoms with Gasteiger partial charge in [0.2, 0.25) is 0 Å². The molecule has 1 aliphatic rings. The maximum Gasteiger partial charge on any atom is 0.323 e. The molecule has 0 bridgehead atoms. The minimum absolute atomic E-state index is 0.100. The van der Waals surface area contributed by atoms with E-state index in [0.717, 1.165) is 18.6 Å². The summed E-state index contributed by atoms with van der Waals surface area (Å²) in [5.41, 5.74) is 0.363. The van der Waals surface area contributed by atoms with Crippen LogP contribution in [-0.4, -0.2) is 27.3 Å². The number of urea groups is 1. The summed E-state index contributed by atoms with van der Waals surface area (Å²) in [6, 6.07) is 5.59. The average molecular weight is 341 g/mol. The number of piperidine rings is 1. The molecule has 0 radical (unpaired) electrons. The first-order valence-corrected chi connectivity index (χ1v) is 8.60. The van der Waals surface area contributed by atoms with Crippen LogP contribution >= 0.6 is 0 Å². The van der Waals surface area contributed by atoms with Crippen LogP contribution < -0.4 is 5.32 Å². The Morgan fingerprint density at radius 2 is 2.32 bits per heavy atom. The molecule has 1 fully saturated rings. The molecule has 25 heavy (non-hydrogen) atoms. The van der Waals surface area contributed by atoms with E-state index in [1.165, 1.54) is 0 Å². The van der Waals surface area contributed by atoms with Crippen LogP contribution in [0.1, 0.15) is 57.0 Å². The molecule has 2 aromatic heterocycles. The lowest BCUT2D eigenvalue weighted by atomic mass is 9.91. The molecular formula is C18H23N5O2. The van der Waals surface area contributed by atoms with Crippen molar-refractivity contribution in [1.82, 2.24) is 14.7 Å². The number of furan rings is 1. The summed E-state index contributed by atoms with van der Waals surface area (Å²) in [6.45, 7) is 6.77. The second kappa shape index (κ2) is 7.01. The van der Waals surface area contributed by atoms with Crippen LogP contribution in [0.15, 0.2) is 29.0 Å². The third-order valence-corrected chi connectivity index (χ3v) is 4.60. The van der Waals surface area contributed by atoms with Gasteiger partial charge in [-0.05, 0) is 44.7 Å². The summed E-state index contributed by atoms with van der Waals surface area (Å²) in [5.74, 6) is 1.61. The Morgan fingerprint density at radius 3 is 2.96 bits per heavy atom. The molecule has 1 aliphatic heterocycles. The molecule has 132 valence electrons. The predicted octanol–water partition coefficient (Wildman–Crippen LogP) is 3.93. The first kappa shape index (κ1) is 17.1. The lowest BCUT2D eigenvalue weighted by Crippen LogP contribution is -2.43. The van der Waals surface area contributed by atoms with Crippen molar-refractivity contribution in [1.29, 1.82) is 5.26 Å². The quantitative estimate of drug-likeness (QED) is 0.916. The standard InChI is InChI=1S/C18H23N5O2/c1-12(2)23-11-14(10-19)17(21-23)20-18(24)22-7-6-13(3)9-15(22)16-5-4-8-25-16/h4-5,8,11-13,15H,6-7,9H2,1-3H3,(H,20,21,24)/t13-,15-/m0/s1. The van der Waals surface area contributed by atoms with Crippen LogP contribution in [0.3, 0.4) is 0 Å². The molecule has 3 heterocycles. The van der Waals surface area contributed by atoms with E-state index >= 15 is 0 Å². The van der Waals surface area contributed by atoms with Gasteiger partial charge in [0.1, 0.15) is 17.4 Å². The number of amides is 2. The summed E-state index contributed by atoms with van der Waals surface area (Å²) >= 11 is 0. The topological polar surface area (TPSA) is 87.1 Å². The zero-order chi connectivity index (χ0) is 18.0. The SMILES string of the molecule is CC(C)n1cc(C#N)c(NC(=O)N2CC[C@H](C)C[C@H]2c2ccco2)n1. The smallest absolute Gasteiger partial charge is 0.323 e. The highest BCUT2D eigenvalue weighted by Gasteiger charge is 2.33. The predicted molar refractivity (Wildman–Crippen MR) is 92.9 cm³/mol. The number of hydrogen-bond acceptors (Lipinski definition) is 4. The van der Waals surface area contributed by atoms with E-state index in [0.29, 0.717) is 23.8 Å². The van der Waals surface area contributed by atoms with Gasteiger partial charge in [0, 0.05) is 18.8 Å². The van der Waals surface area contributed by atoms with E-state index in [1.807, 2.05) is 26.0 Å². The maximum absolute atomic E-state index is 12.8. The van der Waals surface area contributed by atoms with E-state index < -0.39 is 0 Å². The van der Waals surface area contributed by atoms with Crippen LogP contribution in [-0.2, 0) is 0 Å². The molecule has 2 aromatic rings. The summed E-state index contributed by atoms with van der Waals surface area (Å²) in [7, 11) is 0. The fourth-order valence-corrected chi connectivity index (χ4v) is 3.14. The highest BCUT2D eigenvalue weighted by atomic mass is 16.3. The monoisotopic (exact) mass is 341 g/mol. The molecule has 1 saturated heterocycles. The molecular weight excluding hydrogens is 318 g/mol. The molecule has 2 atom stereocenters. The number of rotatable bonds is 3. The minimum Gasteiger partial charge on any atom is -0.467 e. The summed E-state index contributed by atoms with van der Waals surface area (Å²) < 4.78 is 7.22. The summed E-state index contributed by atoms with van der Waals surface area (Å²) in [6.07, 6.45) is 5.08. The first-order chi connectivity index (χ1) is 12.0. The Bertz CT molecular complexity index is 772. The average Bonchev–Trinajstić information content (AvgIpc) is 3.24. The summed E-state index contributed by atoms with van der Waals surface area (Å²) in [5, 5.41) is 16.4. The molecule has 2 amide bonds. The molecule has 7 heteroatoms. The molecule has 0 spiro atoms. The molecule has 0 saturated carbocycles. The highest BCUT2D eigenvalue weighted by Crippen LogP contribution is 2.34. The Labute approximate surface area is 147 Å². The fraction of sp³-hybridized carbons (Fsp3) is 0.500. The molecule has 0 aliphatic carbocycles. The number of anilines is 1. The van der Waals surface area contributed by atoms with E-state index in [-0.39, 0.29) is 18.1 Å². The van der Waals surface area contributed by atoms with Crippen molar-refractivity contribution in [2.75, 3.05) is 11.9 Å². The normalized spacial score (nSPS) is 20.5. The van der Waals surface area contributed by atoms with Crippen molar-refractivity contribution in [3.63, 3.8) is 0 Å². The van der Waals surface area contributed by atoms with Crippen LogP contribution in [0.2, 0.25) is 0 Å². The lowest BCUT2D eigenvalue weighted by molar-refractivity contribution is 0.129. The van der Waals surface area contributed by atoms with Crippen LogP contribution in [0.4, 0.5) is 10.6 Å². The fourth-order valence-electron chi connectivity index (χ4n) is 3.14. The number of hydrogen-bond donors (Lipinski definition) is 1. The van der Waals surface area contributed by atoms with Crippen molar-refractivity contribution in [3.05, 3.63) is 35.9 Å². The Kier molecular flexibility index (Phi) is 4.79. The number of likely N-dealkylation sites (tertiary alicyclic amines) is 1. The van der Waals surface area contributed by atoms with Crippen molar-refractivity contribution >= 4 is 11.8 Å². The van der Waals surface area contributed by atoms with Gasteiger partial charge in [0.25, 0.3) is 0 Å². The molecule has 0 aromatic carbocycles. The van der Waals surface area contributed by atoms with Gasteiger partial charge in [-0.3, -0.25) is 10.00 Å². The van der Waals surface area contributed by atoms with Crippen LogP contribution in [0.5, 0.6) is 0 Å². The Morgan fingerprint density at radius 1 is 1.52 bits per heavy atom. The maximum atomic E-state index is 12.8. The van der Waals surface area contributed by atoms with Gasteiger partial charge in [-0.1, -0.05) is 6.92 Å². The minimum atomic E-state index is -0.251. The first-order valence-electron chi connectivity index (χ1n) is 8.60. The van der Waals surface area contributed by atoms with Crippen LogP contribution in [0.25, 0.3) is 0 Å². The third-order valence-electron chi connectivity index (χ3n) is 4.60. The van der Waals surface area contributed by atoms with Crippen molar-refractivity contribution in [3.8, 4) is 6.07 Å². The summed E-state index contributed by atoms with van der Waals surface area (Å²) in [4.78, 5) is 14.6. The number of nitrogens with zero attached hydrogens (tertiary/aromatic N) is 4. The molecule has 0 unspecified atom stereocenters. The Hall–Kier alpha value is -2.75. The zero-order valence-corrected chi connectivity index (χ0v) is 14.8. The molecule has 3 rings (SSSR count). The lowest BCUT2D eigenvalue weighted by Gasteiger charge is -2.37. The highest BCUT2D eigenvalue weighted by molar-refractivity contribution is 5.89. The van der Waals surface area contributed by atoms with Gasteiger partial charge in [-0.15, -0.1) is 0 Å². The zero-order valence-electron chi connectivity index (χ0n) is 14.8. The molecule has 1 N–H and O–H groups in total. The number of nitrogens with one attached hydrogen (secondary N) is 1. The van der Waals surface area contributed by atoms with Gasteiger partial charge in [0.15, 0.2) is 5.82 Å². The number of aromatic nitrogens is 2. The third kappa shape index (κ3) is 3.53. The van der Waals surface area contributed by atoms with Crippen molar-refractivity contribution in [2.24, 2.45) is 5.92 Å².